The number of rotatable bonds is 5. The Labute approximate surface area is 201 Å². The molecule has 1 heterocycles. The quantitative estimate of drug-likeness (QED) is 0.314. The third-order valence-electron chi connectivity index (χ3n) is 5.31. The first kappa shape index (κ1) is 23.0. The molecule has 3 aromatic carbocycles. The molecule has 0 aliphatic carbocycles. The van der Waals surface area contributed by atoms with Crippen LogP contribution in [0.25, 0.3) is 22.1 Å². The Morgan fingerprint density at radius 2 is 1.71 bits per heavy atom. The second-order valence-corrected chi connectivity index (χ2v) is 7.90. The summed E-state index contributed by atoms with van der Waals surface area (Å²) in [6.07, 6.45) is 0. The van der Waals surface area contributed by atoms with Crippen LogP contribution in [0.1, 0.15) is 15.9 Å². The molecule has 0 atom stereocenters. The van der Waals surface area contributed by atoms with Crippen LogP contribution in [-0.4, -0.2) is 25.2 Å². The summed E-state index contributed by atoms with van der Waals surface area (Å²) in [6.45, 7) is 1.90. The van der Waals surface area contributed by atoms with E-state index in [0.29, 0.717) is 39.5 Å². The molecule has 0 saturated heterocycles. The molecule has 34 heavy (non-hydrogen) atoms. The summed E-state index contributed by atoms with van der Waals surface area (Å²) in [5, 5.41) is 6.64. The van der Waals surface area contributed by atoms with E-state index in [2.05, 4.69) is 10.6 Å². The van der Waals surface area contributed by atoms with E-state index in [1.54, 1.807) is 36.4 Å². The number of methoxy groups -OCH3 is 2. The van der Waals surface area contributed by atoms with E-state index < -0.39 is 11.5 Å². The second-order valence-electron chi connectivity index (χ2n) is 7.49. The number of nitrogens with one attached hydrogen (secondary N) is 2. The lowest BCUT2D eigenvalue weighted by Crippen LogP contribution is -2.34. The molecule has 0 unspecified atom stereocenters. The molecule has 4 aromatic rings. The monoisotopic (exact) mass is 474 g/mol. The highest BCUT2D eigenvalue weighted by atomic mass is 32.1. The van der Waals surface area contributed by atoms with Crippen LogP contribution < -0.4 is 25.7 Å². The topological polar surface area (TPSA) is 89.8 Å². The van der Waals surface area contributed by atoms with Crippen LogP contribution in [0.4, 0.5) is 5.69 Å². The number of amides is 1. The van der Waals surface area contributed by atoms with Gasteiger partial charge in [-0.05, 0) is 66.7 Å². The number of ether oxygens (including phenoxy) is 2. The number of fused-ring (bicyclic) bond motifs is 1. The maximum Gasteiger partial charge on any atom is 0.344 e. The van der Waals surface area contributed by atoms with Crippen molar-refractivity contribution in [2.24, 2.45) is 0 Å². The number of thiocarbonyl (C=S) groups is 1. The third-order valence-corrected chi connectivity index (χ3v) is 5.52. The van der Waals surface area contributed by atoms with Crippen molar-refractivity contribution in [1.29, 1.82) is 0 Å². The van der Waals surface area contributed by atoms with Gasteiger partial charge in [0.15, 0.2) is 16.6 Å². The summed E-state index contributed by atoms with van der Waals surface area (Å²) >= 11 is 5.35. The number of para-hydroxylation sites is 1. The van der Waals surface area contributed by atoms with Gasteiger partial charge in [-0.15, -0.1) is 0 Å². The van der Waals surface area contributed by atoms with E-state index >= 15 is 0 Å². The number of hydrogen-bond acceptors (Lipinski definition) is 6. The smallest absolute Gasteiger partial charge is 0.344 e. The molecule has 0 spiro atoms. The Hall–Kier alpha value is -4.17. The molecule has 0 saturated carbocycles. The van der Waals surface area contributed by atoms with Gasteiger partial charge in [0, 0.05) is 16.6 Å². The maximum atomic E-state index is 12.7. The van der Waals surface area contributed by atoms with Crippen LogP contribution >= 0.6 is 12.2 Å². The fourth-order valence-corrected chi connectivity index (χ4v) is 3.70. The van der Waals surface area contributed by atoms with Crippen molar-refractivity contribution in [1.82, 2.24) is 5.32 Å². The minimum atomic E-state index is -0.433. The number of anilines is 1. The predicted octanol–water partition coefficient (Wildman–Crippen LogP) is 4.91. The van der Waals surface area contributed by atoms with Crippen LogP contribution in [0.5, 0.6) is 11.5 Å². The Morgan fingerprint density at radius 1 is 0.941 bits per heavy atom. The molecule has 0 fully saturated rings. The van der Waals surface area contributed by atoms with Gasteiger partial charge < -0.3 is 19.2 Å². The molecular weight excluding hydrogens is 452 g/mol. The molecule has 1 aromatic heterocycles. The number of hydrogen-bond donors (Lipinski definition) is 2. The summed E-state index contributed by atoms with van der Waals surface area (Å²) in [6, 6.07) is 19.5. The maximum absolute atomic E-state index is 12.7. The zero-order valence-electron chi connectivity index (χ0n) is 18.8. The first-order valence-corrected chi connectivity index (χ1v) is 10.8. The summed E-state index contributed by atoms with van der Waals surface area (Å²) in [7, 11) is 3.02. The van der Waals surface area contributed by atoms with Crippen molar-refractivity contribution in [3.63, 3.8) is 0 Å². The Morgan fingerprint density at radius 3 is 2.47 bits per heavy atom. The van der Waals surface area contributed by atoms with Crippen LogP contribution in [-0.2, 0) is 0 Å². The van der Waals surface area contributed by atoms with Crippen LogP contribution in [0.2, 0.25) is 0 Å². The van der Waals surface area contributed by atoms with Crippen LogP contribution in [0.15, 0.2) is 75.9 Å². The molecule has 4 rings (SSSR count). The van der Waals surface area contributed by atoms with Crippen molar-refractivity contribution in [2.45, 2.75) is 6.92 Å². The third kappa shape index (κ3) is 4.77. The van der Waals surface area contributed by atoms with Gasteiger partial charge in [0.25, 0.3) is 5.91 Å². The van der Waals surface area contributed by atoms with Crippen LogP contribution in [0, 0.1) is 6.92 Å². The van der Waals surface area contributed by atoms with Gasteiger partial charge >= 0.3 is 5.63 Å². The normalized spacial score (nSPS) is 10.6. The van der Waals surface area contributed by atoms with E-state index in [1.165, 1.54) is 14.2 Å². The minimum absolute atomic E-state index is 0.116. The molecule has 0 aliphatic rings. The van der Waals surface area contributed by atoms with E-state index in [0.717, 1.165) is 10.9 Å². The fraction of sp³-hybridized carbons (Fsp3) is 0.115. The van der Waals surface area contributed by atoms with E-state index in [-0.39, 0.29) is 5.11 Å². The van der Waals surface area contributed by atoms with E-state index in [9.17, 15) is 9.59 Å². The Balaban J connectivity index is 1.55. The van der Waals surface area contributed by atoms with Gasteiger partial charge in [0.2, 0.25) is 0 Å². The van der Waals surface area contributed by atoms with E-state index in [4.69, 9.17) is 26.1 Å². The molecule has 1 amide bonds. The molecular formula is C26H22N2O5S. The summed E-state index contributed by atoms with van der Waals surface area (Å²) < 4.78 is 15.9. The molecule has 0 bridgehead atoms. The first-order chi connectivity index (χ1) is 16.4. The van der Waals surface area contributed by atoms with E-state index in [1.807, 2.05) is 37.3 Å². The zero-order chi connectivity index (χ0) is 24.2. The van der Waals surface area contributed by atoms with Gasteiger partial charge in [-0.2, -0.15) is 0 Å². The Bertz CT molecular complexity index is 1460. The number of carbonyl (C=O) groups excluding carboxylic acids is 1. The zero-order valence-corrected chi connectivity index (χ0v) is 19.6. The first-order valence-electron chi connectivity index (χ1n) is 10.4. The second kappa shape index (κ2) is 9.76. The van der Waals surface area contributed by atoms with Gasteiger partial charge in [0.05, 0.1) is 19.8 Å². The van der Waals surface area contributed by atoms with Crippen molar-refractivity contribution in [2.75, 3.05) is 19.5 Å². The number of benzene rings is 3. The molecule has 0 aliphatic heterocycles. The van der Waals surface area contributed by atoms with Gasteiger partial charge in [-0.1, -0.05) is 30.3 Å². The highest BCUT2D eigenvalue weighted by Gasteiger charge is 2.14. The SMILES string of the molecule is COc1ccc(C(=O)NC(=S)Nc2cc(-c3cc4ccccc4oc3=O)ccc2C)cc1OC. The number of carbonyl (C=O) groups is 1. The molecule has 172 valence electrons. The van der Waals surface area contributed by atoms with Gasteiger partial charge in [-0.25, -0.2) is 4.79 Å². The van der Waals surface area contributed by atoms with Crippen LogP contribution in [0.3, 0.4) is 0 Å². The standard InChI is InChI=1S/C26H22N2O5S/c1-15-8-9-16(19-12-17-6-4-5-7-21(17)33-25(19)30)13-20(15)27-26(34)28-24(29)18-10-11-22(31-2)23(14-18)32-3/h4-14H,1-3H3,(H2,27,28,29,34). The lowest BCUT2D eigenvalue weighted by Gasteiger charge is -2.14. The highest BCUT2D eigenvalue weighted by molar-refractivity contribution is 7.80. The van der Waals surface area contributed by atoms with Crippen molar-refractivity contribution < 1.29 is 18.7 Å². The summed E-state index contributed by atoms with van der Waals surface area (Å²) in [4.78, 5) is 25.2. The summed E-state index contributed by atoms with van der Waals surface area (Å²) in [5.41, 5.74) is 3.10. The average Bonchev–Trinajstić information content (AvgIpc) is 2.84. The lowest BCUT2D eigenvalue weighted by atomic mass is 10.0. The molecule has 8 heteroatoms. The fourth-order valence-electron chi connectivity index (χ4n) is 3.49. The van der Waals surface area contributed by atoms with Crippen molar-refractivity contribution in [3.8, 4) is 22.6 Å². The van der Waals surface area contributed by atoms with Gasteiger partial charge in [-0.3, -0.25) is 10.1 Å². The van der Waals surface area contributed by atoms with Crippen molar-refractivity contribution >= 4 is 39.9 Å². The molecule has 2 N–H and O–H groups in total. The molecule has 7 nitrogen and oxygen atoms in total. The summed E-state index contributed by atoms with van der Waals surface area (Å²) in [5.74, 6) is 0.555. The largest absolute Gasteiger partial charge is 0.493 e. The minimum Gasteiger partial charge on any atom is -0.493 e. The average molecular weight is 475 g/mol. The Kier molecular flexibility index (Phi) is 6.60. The van der Waals surface area contributed by atoms with Gasteiger partial charge in [0.1, 0.15) is 5.58 Å². The lowest BCUT2D eigenvalue weighted by molar-refractivity contribution is 0.0977. The predicted molar refractivity (Wildman–Crippen MR) is 136 cm³/mol. The van der Waals surface area contributed by atoms with Crippen molar-refractivity contribution in [3.05, 3.63) is 88.3 Å². The molecule has 0 radical (unpaired) electrons. The highest BCUT2D eigenvalue weighted by Crippen LogP contribution is 2.28. The number of aryl methyl sites for hydroxylation is 1.